The van der Waals surface area contributed by atoms with Crippen molar-refractivity contribution in [3.8, 4) is 0 Å². The molecule has 1 fully saturated rings. The highest BCUT2D eigenvalue weighted by Gasteiger charge is 2.31. The number of hydrogen-bond donors (Lipinski definition) is 1. The van der Waals surface area contributed by atoms with Gasteiger partial charge in [0.1, 0.15) is 5.69 Å². The number of carbonyl (C=O) groups is 1. The highest BCUT2D eigenvalue weighted by molar-refractivity contribution is 5.94. The monoisotopic (exact) mass is 279 g/mol. The molecule has 1 aromatic rings. The Labute approximate surface area is 120 Å². The Morgan fingerprint density at radius 1 is 1.55 bits per heavy atom. The number of rotatable bonds is 3. The Hall–Kier alpha value is -1.49. The number of aromatic nitrogens is 1. The first-order chi connectivity index (χ1) is 9.43. The SMILES string of the molecule is CCC1COC(C)CN1C(=O)c1cc(N)cn1C(C)C. The number of ether oxygens (including phenoxy) is 1. The third-order valence-electron chi connectivity index (χ3n) is 3.84. The van der Waals surface area contributed by atoms with Crippen LogP contribution in [0.3, 0.4) is 0 Å². The van der Waals surface area contributed by atoms with E-state index in [4.69, 9.17) is 10.5 Å². The number of hydrogen-bond acceptors (Lipinski definition) is 3. The first-order valence-electron chi connectivity index (χ1n) is 7.34. The van der Waals surface area contributed by atoms with Crippen LogP contribution >= 0.6 is 0 Å². The average molecular weight is 279 g/mol. The van der Waals surface area contributed by atoms with Crippen LogP contribution in [0.4, 0.5) is 5.69 Å². The third-order valence-corrected chi connectivity index (χ3v) is 3.84. The summed E-state index contributed by atoms with van der Waals surface area (Å²) in [6.45, 7) is 9.44. The Bertz CT molecular complexity index is 481. The molecule has 0 saturated carbocycles. The molecule has 2 unspecified atom stereocenters. The van der Waals surface area contributed by atoms with Crippen LogP contribution in [0, 0.1) is 0 Å². The van der Waals surface area contributed by atoms with Gasteiger partial charge in [0.25, 0.3) is 5.91 Å². The van der Waals surface area contributed by atoms with Crippen LogP contribution in [0.1, 0.15) is 50.6 Å². The molecule has 0 spiro atoms. The molecule has 5 nitrogen and oxygen atoms in total. The minimum Gasteiger partial charge on any atom is -0.397 e. The van der Waals surface area contributed by atoms with Gasteiger partial charge in [-0.2, -0.15) is 0 Å². The van der Waals surface area contributed by atoms with E-state index in [1.54, 1.807) is 6.07 Å². The van der Waals surface area contributed by atoms with Crippen LogP contribution in [0.2, 0.25) is 0 Å². The largest absolute Gasteiger partial charge is 0.397 e. The number of nitrogens with zero attached hydrogens (tertiary/aromatic N) is 2. The molecule has 1 aliphatic rings. The van der Waals surface area contributed by atoms with Gasteiger partial charge in [0.05, 0.1) is 24.4 Å². The molecule has 5 heteroatoms. The molecule has 2 heterocycles. The molecule has 0 aromatic carbocycles. The van der Waals surface area contributed by atoms with E-state index < -0.39 is 0 Å². The van der Waals surface area contributed by atoms with E-state index in [9.17, 15) is 4.79 Å². The summed E-state index contributed by atoms with van der Waals surface area (Å²) in [5, 5.41) is 0. The first-order valence-corrected chi connectivity index (χ1v) is 7.34. The van der Waals surface area contributed by atoms with Gasteiger partial charge in [-0.05, 0) is 33.3 Å². The second-order valence-electron chi connectivity index (χ2n) is 5.82. The van der Waals surface area contributed by atoms with E-state index in [1.165, 1.54) is 0 Å². The van der Waals surface area contributed by atoms with Crippen molar-refractivity contribution in [3.63, 3.8) is 0 Å². The van der Waals surface area contributed by atoms with Crippen molar-refractivity contribution in [2.75, 3.05) is 18.9 Å². The van der Waals surface area contributed by atoms with Crippen molar-refractivity contribution in [2.45, 2.75) is 52.3 Å². The van der Waals surface area contributed by atoms with E-state index in [-0.39, 0.29) is 24.1 Å². The van der Waals surface area contributed by atoms with Crippen molar-refractivity contribution in [1.29, 1.82) is 0 Å². The molecule has 112 valence electrons. The topological polar surface area (TPSA) is 60.5 Å². The van der Waals surface area contributed by atoms with Crippen LogP contribution in [0.25, 0.3) is 0 Å². The van der Waals surface area contributed by atoms with Crippen LogP contribution in [0.15, 0.2) is 12.3 Å². The Morgan fingerprint density at radius 3 is 2.85 bits per heavy atom. The maximum absolute atomic E-state index is 12.8. The lowest BCUT2D eigenvalue weighted by molar-refractivity contribution is -0.0447. The second kappa shape index (κ2) is 5.87. The summed E-state index contributed by atoms with van der Waals surface area (Å²) < 4.78 is 7.60. The standard InChI is InChI=1S/C15H25N3O2/c1-5-13-9-20-11(4)7-18(13)15(19)14-6-12(16)8-17(14)10(2)3/h6,8,10-11,13H,5,7,9,16H2,1-4H3. The predicted molar refractivity (Wildman–Crippen MR) is 79.8 cm³/mol. The van der Waals surface area contributed by atoms with Gasteiger partial charge < -0.3 is 19.9 Å². The zero-order valence-electron chi connectivity index (χ0n) is 12.8. The zero-order valence-corrected chi connectivity index (χ0v) is 12.8. The summed E-state index contributed by atoms with van der Waals surface area (Å²) in [7, 11) is 0. The third kappa shape index (κ3) is 2.82. The van der Waals surface area contributed by atoms with Crippen molar-refractivity contribution < 1.29 is 9.53 Å². The number of nitrogen functional groups attached to an aromatic ring is 1. The van der Waals surface area contributed by atoms with Crippen LogP contribution in [0.5, 0.6) is 0 Å². The number of morpholine rings is 1. The molecule has 20 heavy (non-hydrogen) atoms. The summed E-state index contributed by atoms with van der Waals surface area (Å²) in [6.07, 6.45) is 2.82. The van der Waals surface area contributed by atoms with Crippen molar-refractivity contribution >= 4 is 11.6 Å². The molecule has 0 radical (unpaired) electrons. The van der Waals surface area contributed by atoms with Crippen LogP contribution in [-0.2, 0) is 4.74 Å². The van der Waals surface area contributed by atoms with E-state index in [1.807, 2.05) is 22.6 Å². The lowest BCUT2D eigenvalue weighted by atomic mass is 10.1. The van der Waals surface area contributed by atoms with Gasteiger partial charge in [-0.1, -0.05) is 6.92 Å². The summed E-state index contributed by atoms with van der Waals surface area (Å²) in [5.74, 6) is 0.0531. The maximum atomic E-state index is 12.8. The number of anilines is 1. The lowest BCUT2D eigenvalue weighted by Gasteiger charge is -2.38. The summed E-state index contributed by atoms with van der Waals surface area (Å²) in [4.78, 5) is 14.8. The number of carbonyl (C=O) groups excluding carboxylic acids is 1. The molecule has 1 aliphatic heterocycles. The van der Waals surface area contributed by atoms with Gasteiger partial charge in [-0.3, -0.25) is 4.79 Å². The second-order valence-corrected chi connectivity index (χ2v) is 5.82. The minimum atomic E-state index is 0.0531. The Balaban J connectivity index is 2.29. The quantitative estimate of drug-likeness (QED) is 0.923. The van der Waals surface area contributed by atoms with E-state index in [0.717, 1.165) is 6.42 Å². The van der Waals surface area contributed by atoms with Crippen molar-refractivity contribution in [2.24, 2.45) is 0 Å². The highest BCUT2D eigenvalue weighted by atomic mass is 16.5. The molecule has 0 bridgehead atoms. The predicted octanol–water partition coefficient (Wildman–Crippen LogP) is 2.29. The van der Waals surface area contributed by atoms with Crippen molar-refractivity contribution in [1.82, 2.24) is 9.47 Å². The molecule has 2 rings (SSSR count). The first kappa shape index (κ1) is 14.9. The molecule has 1 saturated heterocycles. The summed E-state index contributed by atoms with van der Waals surface area (Å²) in [6, 6.07) is 2.13. The molecule has 0 aliphatic carbocycles. The molecule has 1 amide bonds. The van der Waals surface area contributed by atoms with E-state index in [0.29, 0.717) is 24.5 Å². The molecular weight excluding hydrogens is 254 g/mol. The van der Waals surface area contributed by atoms with Gasteiger partial charge in [0.15, 0.2) is 0 Å². The fourth-order valence-corrected chi connectivity index (χ4v) is 2.68. The normalized spacial score (nSPS) is 23.4. The average Bonchev–Trinajstić information content (AvgIpc) is 2.80. The molecule has 1 aromatic heterocycles. The van der Waals surface area contributed by atoms with Gasteiger partial charge in [0, 0.05) is 18.8 Å². The van der Waals surface area contributed by atoms with Crippen LogP contribution in [-0.4, -0.2) is 40.7 Å². The van der Waals surface area contributed by atoms with Gasteiger partial charge in [-0.15, -0.1) is 0 Å². The number of nitrogens with two attached hydrogens (primary N) is 1. The summed E-state index contributed by atoms with van der Waals surface area (Å²) >= 11 is 0. The van der Waals surface area contributed by atoms with E-state index in [2.05, 4.69) is 20.8 Å². The van der Waals surface area contributed by atoms with E-state index >= 15 is 0 Å². The number of amides is 1. The zero-order chi connectivity index (χ0) is 14.9. The molecule has 2 atom stereocenters. The van der Waals surface area contributed by atoms with Gasteiger partial charge in [-0.25, -0.2) is 0 Å². The summed E-state index contributed by atoms with van der Waals surface area (Å²) in [5.41, 5.74) is 7.17. The molecular formula is C15H25N3O2. The van der Waals surface area contributed by atoms with Gasteiger partial charge in [0.2, 0.25) is 0 Å². The van der Waals surface area contributed by atoms with Gasteiger partial charge >= 0.3 is 0 Å². The Morgan fingerprint density at radius 2 is 2.25 bits per heavy atom. The van der Waals surface area contributed by atoms with Crippen molar-refractivity contribution in [3.05, 3.63) is 18.0 Å². The minimum absolute atomic E-state index is 0.0531. The molecule has 2 N–H and O–H groups in total. The van der Waals surface area contributed by atoms with Crippen LogP contribution < -0.4 is 5.73 Å². The fraction of sp³-hybridized carbons (Fsp3) is 0.667. The fourth-order valence-electron chi connectivity index (χ4n) is 2.68. The Kier molecular flexibility index (Phi) is 4.38. The maximum Gasteiger partial charge on any atom is 0.270 e. The smallest absolute Gasteiger partial charge is 0.270 e. The lowest BCUT2D eigenvalue weighted by Crippen LogP contribution is -2.51. The highest BCUT2D eigenvalue weighted by Crippen LogP contribution is 2.22.